The van der Waals surface area contributed by atoms with Crippen LogP contribution in [0.4, 0.5) is 0 Å². The van der Waals surface area contributed by atoms with Crippen LogP contribution in [0, 0.1) is 6.92 Å². The van der Waals surface area contributed by atoms with Crippen LogP contribution in [0.25, 0.3) is 23.3 Å². The minimum Gasteiger partial charge on any atom is -0.507 e. The van der Waals surface area contributed by atoms with Crippen molar-refractivity contribution in [1.29, 1.82) is 0 Å². The van der Waals surface area contributed by atoms with Gasteiger partial charge in [-0.25, -0.2) is 0 Å². The number of allylic oxidation sites excluding steroid dienone is 2. The predicted molar refractivity (Wildman–Crippen MR) is 184 cm³/mol. The first kappa shape index (κ1) is 30.9. The Labute approximate surface area is 273 Å². The molecule has 218 valence electrons. The first-order valence-electron chi connectivity index (χ1n) is 13.9. The molecule has 0 aliphatic rings. The smallest absolute Gasteiger partial charge is 0.190 e. The van der Waals surface area contributed by atoms with Gasteiger partial charge in [-0.1, -0.05) is 111 Å². The highest BCUT2D eigenvalue weighted by Crippen LogP contribution is 2.38. The van der Waals surface area contributed by atoms with E-state index in [2.05, 4.69) is 31.9 Å². The molecule has 4 nitrogen and oxygen atoms in total. The second kappa shape index (κ2) is 14.3. The van der Waals surface area contributed by atoms with Gasteiger partial charge in [0.15, 0.2) is 11.6 Å². The maximum atomic E-state index is 13.8. The Morgan fingerprint density at radius 1 is 0.705 bits per heavy atom. The third-order valence-electron chi connectivity index (χ3n) is 6.98. The number of ether oxygens (including phenoxy) is 1. The van der Waals surface area contributed by atoms with Crippen molar-refractivity contribution in [3.05, 3.63) is 164 Å². The largest absolute Gasteiger partial charge is 0.507 e. The van der Waals surface area contributed by atoms with Crippen molar-refractivity contribution in [3.63, 3.8) is 0 Å². The average molecular weight is 708 g/mol. The number of hydrogen-bond acceptors (Lipinski definition) is 4. The fourth-order valence-electron chi connectivity index (χ4n) is 4.77. The summed E-state index contributed by atoms with van der Waals surface area (Å²) >= 11 is 6.85. The molecule has 0 spiro atoms. The molecule has 44 heavy (non-hydrogen) atoms. The highest BCUT2D eigenvalue weighted by atomic mass is 79.9. The van der Waals surface area contributed by atoms with Crippen LogP contribution in [0.15, 0.2) is 130 Å². The fraction of sp³-hybridized carbons (Fsp3) is 0.0526. The molecule has 5 aromatic rings. The van der Waals surface area contributed by atoms with Gasteiger partial charge in [-0.15, -0.1) is 0 Å². The van der Waals surface area contributed by atoms with Crippen molar-refractivity contribution >= 4 is 55.6 Å². The van der Waals surface area contributed by atoms with E-state index in [-0.39, 0.29) is 17.1 Å². The van der Waals surface area contributed by atoms with Crippen molar-refractivity contribution in [2.75, 3.05) is 0 Å². The molecule has 5 aromatic carbocycles. The zero-order valence-electron chi connectivity index (χ0n) is 23.8. The molecule has 0 radical (unpaired) electrons. The minimum atomic E-state index is -0.421. The standard InChI is InChI=1S/C38H28Br2O4/c1-25-23-35(43)38(34(42)22-12-27-9-17-31(40)18-10-27)37(36(25)33(41)21-11-26-7-15-30(39)16-8-26)29-13-19-32(20-14-29)44-24-28-5-3-2-4-6-28/h2-23,43H,24H2,1H3/b21-11+,22-12+. The lowest BCUT2D eigenvalue weighted by molar-refractivity contribution is 0.104. The lowest BCUT2D eigenvalue weighted by Crippen LogP contribution is -2.08. The van der Waals surface area contributed by atoms with Gasteiger partial charge < -0.3 is 9.84 Å². The Bertz CT molecular complexity index is 1750. The number of rotatable bonds is 10. The predicted octanol–water partition coefficient (Wildman–Crippen LogP) is 10.3. The number of benzene rings is 5. The summed E-state index contributed by atoms with van der Waals surface area (Å²) in [6, 6.07) is 33.6. The van der Waals surface area contributed by atoms with E-state index >= 15 is 0 Å². The molecule has 5 rings (SSSR count). The van der Waals surface area contributed by atoms with Gasteiger partial charge in [0.05, 0.1) is 5.56 Å². The van der Waals surface area contributed by atoms with E-state index < -0.39 is 5.78 Å². The summed E-state index contributed by atoms with van der Waals surface area (Å²) in [6.45, 7) is 2.16. The molecule has 0 saturated heterocycles. The number of halogens is 2. The van der Waals surface area contributed by atoms with Crippen molar-refractivity contribution in [2.45, 2.75) is 13.5 Å². The summed E-state index contributed by atoms with van der Waals surface area (Å²) in [5.74, 6) is -0.257. The van der Waals surface area contributed by atoms with Gasteiger partial charge in [-0.2, -0.15) is 0 Å². The van der Waals surface area contributed by atoms with Gasteiger partial charge in [0, 0.05) is 20.1 Å². The first-order chi connectivity index (χ1) is 21.3. The summed E-state index contributed by atoms with van der Waals surface area (Å²) in [6.07, 6.45) is 6.34. The molecule has 0 saturated carbocycles. The quantitative estimate of drug-likeness (QED) is 0.116. The first-order valence-corrected chi connectivity index (χ1v) is 15.5. The van der Waals surface area contributed by atoms with Gasteiger partial charge in [0.25, 0.3) is 0 Å². The molecule has 0 aliphatic carbocycles. The van der Waals surface area contributed by atoms with Gasteiger partial charge in [0.1, 0.15) is 18.1 Å². The molecule has 0 fully saturated rings. The average Bonchev–Trinajstić information content (AvgIpc) is 3.03. The zero-order valence-corrected chi connectivity index (χ0v) is 27.0. The van der Waals surface area contributed by atoms with Crippen molar-refractivity contribution in [1.82, 2.24) is 0 Å². The summed E-state index contributed by atoms with van der Waals surface area (Å²) in [5.41, 5.74) is 4.65. The van der Waals surface area contributed by atoms with Crippen LogP contribution >= 0.6 is 31.9 Å². The van der Waals surface area contributed by atoms with Gasteiger partial charge in [-0.05, 0) is 89.4 Å². The van der Waals surface area contributed by atoms with Crippen LogP contribution in [0.1, 0.15) is 43.0 Å². The number of carbonyl (C=O) groups is 2. The van der Waals surface area contributed by atoms with E-state index in [1.165, 1.54) is 18.2 Å². The van der Waals surface area contributed by atoms with E-state index in [0.29, 0.717) is 34.6 Å². The number of phenolic OH excluding ortho intramolecular Hbond substituents is 1. The molecule has 1 N–H and O–H groups in total. The van der Waals surface area contributed by atoms with Gasteiger partial charge in [0.2, 0.25) is 0 Å². The Balaban J connectivity index is 1.55. The van der Waals surface area contributed by atoms with Crippen LogP contribution in [0.2, 0.25) is 0 Å². The molecule has 0 atom stereocenters. The maximum Gasteiger partial charge on any atom is 0.190 e. The minimum absolute atomic E-state index is 0.0577. The lowest BCUT2D eigenvalue weighted by Gasteiger charge is -2.17. The van der Waals surface area contributed by atoms with Crippen LogP contribution in [0.5, 0.6) is 11.5 Å². The van der Waals surface area contributed by atoms with Gasteiger partial charge >= 0.3 is 0 Å². The van der Waals surface area contributed by atoms with E-state index in [1.807, 2.05) is 78.9 Å². The molecule has 0 heterocycles. The normalized spacial score (nSPS) is 11.2. The van der Waals surface area contributed by atoms with Crippen LogP contribution in [-0.2, 0) is 6.61 Å². The third-order valence-corrected chi connectivity index (χ3v) is 8.04. The Kier molecular flexibility index (Phi) is 10.1. The number of phenols is 1. The number of aryl methyl sites for hydroxylation is 1. The van der Waals surface area contributed by atoms with Crippen LogP contribution in [-0.4, -0.2) is 16.7 Å². The number of carbonyl (C=O) groups excluding carboxylic acids is 2. The highest BCUT2D eigenvalue weighted by molar-refractivity contribution is 9.10. The zero-order chi connectivity index (χ0) is 31.1. The van der Waals surface area contributed by atoms with Gasteiger partial charge in [-0.3, -0.25) is 9.59 Å². The third kappa shape index (κ3) is 7.70. The van der Waals surface area contributed by atoms with Crippen molar-refractivity contribution in [2.24, 2.45) is 0 Å². The second-order valence-corrected chi connectivity index (χ2v) is 12.0. The van der Waals surface area contributed by atoms with Crippen molar-refractivity contribution in [3.8, 4) is 22.6 Å². The molecular weight excluding hydrogens is 680 g/mol. The molecule has 0 bridgehead atoms. The second-order valence-electron chi connectivity index (χ2n) is 10.1. The SMILES string of the molecule is Cc1cc(O)c(C(=O)/C=C/c2ccc(Br)cc2)c(-c2ccc(OCc3ccccc3)cc2)c1C(=O)/C=C/c1ccc(Br)cc1. The number of aromatic hydroxyl groups is 1. The topological polar surface area (TPSA) is 63.6 Å². The van der Waals surface area contributed by atoms with Crippen LogP contribution in [0.3, 0.4) is 0 Å². The molecule has 0 aromatic heterocycles. The molecule has 0 amide bonds. The van der Waals surface area contributed by atoms with E-state index in [9.17, 15) is 14.7 Å². The maximum absolute atomic E-state index is 13.8. The van der Waals surface area contributed by atoms with E-state index in [4.69, 9.17) is 4.74 Å². The molecule has 0 aliphatic heterocycles. The van der Waals surface area contributed by atoms with E-state index in [1.54, 1.807) is 43.3 Å². The molecule has 6 heteroatoms. The summed E-state index contributed by atoms with van der Waals surface area (Å²) < 4.78 is 7.83. The fourth-order valence-corrected chi connectivity index (χ4v) is 5.30. The Morgan fingerprint density at radius 3 is 1.77 bits per heavy atom. The highest BCUT2D eigenvalue weighted by Gasteiger charge is 2.24. The van der Waals surface area contributed by atoms with E-state index in [0.717, 1.165) is 25.6 Å². The lowest BCUT2D eigenvalue weighted by atomic mass is 9.86. The Morgan fingerprint density at radius 2 is 1.23 bits per heavy atom. The number of hydrogen-bond donors (Lipinski definition) is 1. The summed E-state index contributed by atoms with van der Waals surface area (Å²) in [7, 11) is 0. The van der Waals surface area contributed by atoms with Crippen molar-refractivity contribution < 1.29 is 19.4 Å². The number of ketones is 2. The Hall–Kier alpha value is -4.52. The van der Waals surface area contributed by atoms with Crippen LogP contribution < -0.4 is 4.74 Å². The molecule has 0 unspecified atom stereocenters. The molecular formula is C38H28Br2O4. The summed E-state index contributed by atoms with van der Waals surface area (Å²) in [5, 5.41) is 11.1. The summed E-state index contributed by atoms with van der Waals surface area (Å²) in [4.78, 5) is 27.5. The monoisotopic (exact) mass is 706 g/mol.